The third-order valence-corrected chi connectivity index (χ3v) is 2.97. The van der Waals surface area contributed by atoms with E-state index in [1.807, 2.05) is 13.1 Å². The van der Waals surface area contributed by atoms with Crippen LogP contribution in [-0.2, 0) is 11.3 Å². The van der Waals surface area contributed by atoms with Crippen LogP contribution in [0.25, 0.3) is 0 Å². The Morgan fingerprint density at radius 2 is 2.19 bits per heavy atom. The molecule has 0 aliphatic rings. The average molecular weight is 285 g/mol. The lowest BCUT2D eigenvalue weighted by molar-refractivity contribution is -0.129. The van der Waals surface area contributed by atoms with Gasteiger partial charge in [0.15, 0.2) is 0 Å². The molecule has 0 unspecified atom stereocenters. The Kier molecular flexibility index (Phi) is 4.96. The van der Waals surface area contributed by atoms with Gasteiger partial charge in [0.05, 0.1) is 6.54 Å². The third-order valence-electron chi connectivity index (χ3n) is 2.47. The number of nitrogens with zero attached hydrogens (tertiary/aromatic N) is 1. The van der Waals surface area contributed by atoms with E-state index in [1.54, 1.807) is 11.9 Å². The zero-order valence-electron chi connectivity index (χ0n) is 9.88. The van der Waals surface area contributed by atoms with Gasteiger partial charge in [-0.2, -0.15) is 0 Å². The molecule has 0 aromatic heterocycles. The molecule has 0 saturated carbocycles. The highest BCUT2D eigenvalue weighted by Gasteiger charge is 2.09. The number of likely N-dealkylation sites (N-methyl/N-ethyl adjacent to an activating group) is 2. The van der Waals surface area contributed by atoms with Crippen molar-refractivity contribution in [2.75, 3.05) is 20.6 Å². The number of carbonyl (C=O) groups is 1. The number of hydrogen-bond donors (Lipinski definition) is 1. The van der Waals surface area contributed by atoms with E-state index >= 15 is 0 Å². The van der Waals surface area contributed by atoms with Crippen molar-refractivity contribution in [3.8, 4) is 0 Å². The summed E-state index contributed by atoms with van der Waals surface area (Å²) < 4.78 is 1.04. The molecule has 0 bridgehead atoms. The smallest absolute Gasteiger partial charge is 0.236 e. The highest BCUT2D eigenvalue weighted by Crippen LogP contribution is 2.17. The van der Waals surface area contributed by atoms with Crippen LogP contribution in [0.1, 0.15) is 11.1 Å². The number of nitrogens with one attached hydrogen (secondary N) is 1. The molecular weight excluding hydrogens is 268 g/mol. The molecule has 88 valence electrons. The maximum Gasteiger partial charge on any atom is 0.236 e. The monoisotopic (exact) mass is 284 g/mol. The van der Waals surface area contributed by atoms with Crippen LogP contribution in [-0.4, -0.2) is 31.4 Å². The van der Waals surface area contributed by atoms with Crippen molar-refractivity contribution in [3.05, 3.63) is 33.8 Å². The predicted molar refractivity (Wildman–Crippen MR) is 69.3 cm³/mol. The molecular formula is C12H17BrN2O. The van der Waals surface area contributed by atoms with E-state index in [-0.39, 0.29) is 5.91 Å². The standard InChI is InChI=1S/C12H17BrN2O/c1-9-4-5-11(13)6-10(9)8-15(3)12(16)7-14-2/h4-6,14H,7-8H2,1-3H3. The molecule has 0 fully saturated rings. The van der Waals surface area contributed by atoms with Gasteiger partial charge in [-0.3, -0.25) is 4.79 Å². The lowest BCUT2D eigenvalue weighted by atomic mass is 10.1. The van der Waals surface area contributed by atoms with Gasteiger partial charge in [0.1, 0.15) is 0 Å². The molecule has 0 aliphatic heterocycles. The second-order valence-corrected chi connectivity index (χ2v) is 4.77. The second kappa shape index (κ2) is 6.01. The number of carbonyl (C=O) groups excluding carboxylic acids is 1. The summed E-state index contributed by atoms with van der Waals surface area (Å²) in [4.78, 5) is 13.3. The summed E-state index contributed by atoms with van der Waals surface area (Å²) in [7, 11) is 3.59. The van der Waals surface area contributed by atoms with Crippen molar-refractivity contribution in [3.63, 3.8) is 0 Å². The van der Waals surface area contributed by atoms with Crippen molar-refractivity contribution < 1.29 is 4.79 Å². The fourth-order valence-electron chi connectivity index (χ4n) is 1.44. The SMILES string of the molecule is CNCC(=O)N(C)Cc1cc(Br)ccc1C. The minimum Gasteiger partial charge on any atom is -0.340 e. The van der Waals surface area contributed by atoms with Gasteiger partial charge >= 0.3 is 0 Å². The van der Waals surface area contributed by atoms with Gasteiger partial charge in [-0.15, -0.1) is 0 Å². The molecule has 1 N–H and O–H groups in total. The van der Waals surface area contributed by atoms with Gasteiger partial charge in [0.25, 0.3) is 0 Å². The van der Waals surface area contributed by atoms with E-state index < -0.39 is 0 Å². The highest BCUT2D eigenvalue weighted by atomic mass is 79.9. The molecule has 1 aromatic carbocycles. The Labute approximate surface area is 105 Å². The van der Waals surface area contributed by atoms with Gasteiger partial charge in [0, 0.05) is 18.1 Å². The molecule has 0 saturated heterocycles. The van der Waals surface area contributed by atoms with Gasteiger partial charge in [-0.1, -0.05) is 22.0 Å². The van der Waals surface area contributed by atoms with Crippen LogP contribution in [0.2, 0.25) is 0 Å². The fraction of sp³-hybridized carbons (Fsp3) is 0.417. The molecule has 4 heteroatoms. The number of aryl methyl sites for hydroxylation is 1. The minimum absolute atomic E-state index is 0.0990. The van der Waals surface area contributed by atoms with Gasteiger partial charge in [-0.25, -0.2) is 0 Å². The van der Waals surface area contributed by atoms with Gasteiger partial charge < -0.3 is 10.2 Å². The Balaban J connectivity index is 2.72. The summed E-state index contributed by atoms with van der Waals surface area (Å²) in [5, 5.41) is 2.86. The quantitative estimate of drug-likeness (QED) is 0.917. The number of benzene rings is 1. The first-order valence-electron chi connectivity index (χ1n) is 5.18. The largest absolute Gasteiger partial charge is 0.340 e. The first-order chi connectivity index (χ1) is 7.54. The molecule has 1 rings (SSSR count). The average Bonchev–Trinajstić information content (AvgIpc) is 2.23. The Hall–Kier alpha value is -0.870. The second-order valence-electron chi connectivity index (χ2n) is 3.85. The van der Waals surface area contributed by atoms with E-state index in [9.17, 15) is 4.79 Å². The molecule has 1 aromatic rings. The summed E-state index contributed by atoms with van der Waals surface area (Å²) in [6.07, 6.45) is 0. The molecule has 16 heavy (non-hydrogen) atoms. The number of hydrogen-bond acceptors (Lipinski definition) is 2. The molecule has 0 atom stereocenters. The van der Waals surface area contributed by atoms with Crippen molar-refractivity contribution in [1.82, 2.24) is 10.2 Å². The molecule has 3 nitrogen and oxygen atoms in total. The normalized spacial score (nSPS) is 10.2. The summed E-state index contributed by atoms with van der Waals surface area (Å²) in [5.74, 6) is 0.0990. The zero-order valence-corrected chi connectivity index (χ0v) is 11.5. The Morgan fingerprint density at radius 3 is 2.81 bits per heavy atom. The van der Waals surface area contributed by atoms with E-state index in [2.05, 4.69) is 40.3 Å². The summed E-state index contributed by atoms with van der Waals surface area (Å²) in [6, 6.07) is 6.11. The fourth-order valence-corrected chi connectivity index (χ4v) is 1.85. The van der Waals surface area contributed by atoms with Crippen molar-refractivity contribution >= 4 is 21.8 Å². The van der Waals surface area contributed by atoms with Crippen LogP contribution in [0, 0.1) is 6.92 Å². The number of amides is 1. The molecule has 0 spiro atoms. The van der Waals surface area contributed by atoms with E-state index in [0.29, 0.717) is 13.1 Å². The van der Waals surface area contributed by atoms with Gasteiger partial charge in [-0.05, 0) is 37.2 Å². The van der Waals surface area contributed by atoms with Crippen LogP contribution in [0.3, 0.4) is 0 Å². The summed E-state index contributed by atoms with van der Waals surface area (Å²) in [6.45, 7) is 3.08. The maximum atomic E-state index is 11.6. The lowest BCUT2D eigenvalue weighted by Gasteiger charge is -2.18. The first-order valence-corrected chi connectivity index (χ1v) is 5.97. The maximum absolute atomic E-state index is 11.6. The van der Waals surface area contributed by atoms with Crippen LogP contribution in [0.15, 0.2) is 22.7 Å². The zero-order chi connectivity index (χ0) is 12.1. The minimum atomic E-state index is 0.0990. The molecule has 0 heterocycles. The lowest BCUT2D eigenvalue weighted by Crippen LogP contribution is -2.33. The van der Waals surface area contributed by atoms with E-state index in [1.165, 1.54) is 11.1 Å². The Bertz CT molecular complexity index is 379. The van der Waals surface area contributed by atoms with Crippen LogP contribution in [0.5, 0.6) is 0 Å². The molecule has 1 amide bonds. The Morgan fingerprint density at radius 1 is 1.50 bits per heavy atom. The van der Waals surface area contributed by atoms with Crippen LogP contribution in [0.4, 0.5) is 0 Å². The van der Waals surface area contributed by atoms with Crippen molar-refractivity contribution in [2.24, 2.45) is 0 Å². The summed E-state index contributed by atoms with van der Waals surface area (Å²) in [5.41, 5.74) is 2.37. The first kappa shape index (κ1) is 13.2. The van der Waals surface area contributed by atoms with E-state index in [0.717, 1.165) is 4.47 Å². The third kappa shape index (κ3) is 3.61. The number of halogens is 1. The highest BCUT2D eigenvalue weighted by molar-refractivity contribution is 9.10. The molecule has 0 aliphatic carbocycles. The number of rotatable bonds is 4. The van der Waals surface area contributed by atoms with E-state index in [4.69, 9.17) is 0 Å². The van der Waals surface area contributed by atoms with Crippen LogP contribution < -0.4 is 5.32 Å². The summed E-state index contributed by atoms with van der Waals surface area (Å²) >= 11 is 3.44. The van der Waals surface area contributed by atoms with Crippen molar-refractivity contribution in [2.45, 2.75) is 13.5 Å². The van der Waals surface area contributed by atoms with Gasteiger partial charge in [0.2, 0.25) is 5.91 Å². The predicted octanol–water partition coefficient (Wildman–Crippen LogP) is 1.94. The topological polar surface area (TPSA) is 32.3 Å². The molecule has 0 radical (unpaired) electrons. The van der Waals surface area contributed by atoms with Crippen LogP contribution >= 0.6 is 15.9 Å². The van der Waals surface area contributed by atoms with Crippen molar-refractivity contribution in [1.29, 1.82) is 0 Å².